The van der Waals surface area contributed by atoms with Gasteiger partial charge in [-0.25, -0.2) is 4.98 Å². The van der Waals surface area contributed by atoms with Crippen LogP contribution >= 0.6 is 0 Å². The number of anilines is 3. The van der Waals surface area contributed by atoms with Gasteiger partial charge in [-0.05, 0) is 17.7 Å². The minimum Gasteiger partial charge on any atom is -0.494 e. The fraction of sp³-hybridized carbons (Fsp3) is 0.250. The van der Waals surface area contributed by atoms with Gasteiger partial charge >= 0.3 is 5.97 Å². The van der Waals surface area contributed by atoms with E-state index in [1.54, 1.807) is 12.1 Å². The number of ether oxygens (including phenoxy) is 2. The number of carboxylic acids is 1. The molecule has 10 nitrogen and oxygen atoms in total. The van der Waals surface area contributed by atoms with Crippen molar-refractivity contribution < 1.29 is 24.2 Å². The molecule has 0 saturated heterocycles. The summed E-state index contributed by atoms with van der Waals surface area (Å²) in [4.78, 5) is 30.3. The second kappa shape index (κ2) is 8.01. The second-order valence-corrected chi connectivity index (χ2v) is 5.31. The Labute approximate surface area is 149 Å². The molecule has 1 heterocycles. The summed E-state index contributed by atoms with van der Waals surface area (Å²) in [6.07, 6.45) is 1.23. The van der Waals surface area contributed by atoms with Crippen LogP contribution in [0.1, 0.15) is 17.5 Å². The summed E-state index contributed by atoms with van der Waals surface area (Å²) in [6.45, 7) is 0. The zero-order valence-corrected chi connectivity index (χ0v) is 14.3. The fourth-order valence-electron chi connectivity index (χ4n) is 2.30. The maximum Gasteiger partial charge on any atom is 0.312 e. The molecule has 0 fully saturated rings. The van der Waals surface area contributed by atoms with Gasteiger partial charge in [-0.2, -0.15) is 4.98 Å². The van der Waals surface area contributed by atoms with Crippen molar-refractivity contribution in [3.63, 3.8) is 0 Å². The number of carboxylic acid groups (broad SMARTS) is 1. The Bertz CT molecular complexity index is 815. The number of nitrogens with zero attached hydrogens (tertiary/aromatic N) is 2. The number of hydrogen-bond donors (Lipinski definition) is 4. The number of aliphatic carboxylic acids is 1. The van der Waals surface area contributed by atoms with Crippen LogP contribution in [-0.4, -0.2) is 41.2 Å². The van der Waals surface area contributed by atoms with Crippen LogP contribution in [0.25, 0.3) is 0 Å². The molecule has 138 valence electrons. The summed E-state index contributed by atoms with van der Waals surface area (Å²) in [7, 11) is 2.85. The van der Waals surface area contributed by atoms with Crippen molar-refractivity contribution in [3.05, 3.63) is 29.5 Å². The number of rotatable bonds is 7. The molecule has 0 unspecified atom stereocenters. The van der Waals surface area contributed by atoms with E-state index in [-0.39, 0.29) is 17.5 Å². The van der Waals surface area contributed by atoms with Gasteiger partial charge in [0, 0.05) is 18.2 Å². The lowest BCUT2D eigenvalue weighted by atomic mass is 10.0. The number of carbonyl (C=O) groups excluding carboxylic acids is 1. The maximum absolute atomic E-state index is 11.8. The van der Waals surface area contributed by atoms with Gasteiger partial charge in [0.05, 0.1) is 14.2 Å². The smallest absolute Gasteiger partial charge is 0.312 e. The Hall–Kier alpha value is -3.56. The fourth-order valence-corrected chi connectivity index (χ4v) is 2.30. The number of nitrogen functional groups attached to an aromatic ring is 2. The number of hydrogen-bond acceptors (Lipinski definition) is 8. The molecular formula is C16H19N5O5. The Morgan fingerprint density at radius 1 is 1.19 bits per heavy atom. The predicted octanol–water partition coefficient (Wildman–Crippen LogP) is 0.662. The molecule has 0 aliphatic rings. The SMILES string of the molecule is COc1cc(Cc2cnc(N)nc2N)cc(OC)c1NC(=O)CC(=O)O. The Balaban J connectivity index is 2.35. The van der Waals surface area contributed by atoms with E-state index < -0.39 is 18.3 Å². The van der Waals surface area contributed by atoms with Crippen molar-refractivity contribution in [3.8, 4) is 11.5 Å². The average molecular weight is 361 g/mol. The van der Waals surface area contributed by atoms with Crippen molar-refractivity contribution in [1.82, 2.24) is 9.97 Å². The summed E-state index contributed by atoms with van der Waals surface area (Å²) < 4.78 is 10.6. The van der Waals surface area contributed by atoms with E-state index in [4.69, 9.17) is 26.0 Å². The lowest BCUT2D eigenvalue weighted by Gasteiger charge is -2.16. The monoisotopic (exact) mass is 361 g/mol. The van der Waals surface area contributed by atoms with Gasteiger partial charge in [-0.3, -0.25) is 9.59 Å². The third-order valence-corrected chi connectivity index (χ3v) is 3.45. The molecule has 1 amide bonds. The van der Waals surface area contributed by atoms with Gasteiger partial charge in [-0.15, -0.1) is 0 Å². The van der Waals surface area contributed by atoms with Gasteiger partial charge in [0.15, 0.2) is 0 Å². The normalized spacial score (nSPS) is 10.2. The number of benzene rings is 1. The standard InChI is InChI=1S/C16H19N5O5/c1-25-10-4-8(3-9-7-19-16(18)21-15(9)17)5-11(26-2)14(10)20-12(22)6-13(23)24/h4-5,7H,3,6H2,1-2H3,(H,20,22)(H,23,24)(H4,17,18,19,21). The molecule has 1 aromatic carbocycles. The highest BCUT2D eigenvalue weighted by Gasteiger charge is 2.17. The van der Waals surface area contributed by atoms with E-state index in [0.717, 1.165) is 5.56 Å². The van der Waals surface area contributed by atoms with Gasteiger partial charge in [-0.1, -0.05) is 0 Å². The summed E-state index contributed by atoms with van der Waals surface area (Å²) in [5, 5.41) is 11.2. The minimum absolute atomic E-state index is 0.0814. The van der Waals surface area contributed by atoms with Gasteiger partial charge in [0.1, 0.15) is 29.4 Å². The molecule has 2 rings (SSSR count). The zero-order chi connectivity index (χ0) is 19.3. The Morgan fingerprint density at radius 2 is 1.81 bits per heavy atom. The molecule has 0 aliphatic heterocycles. The molecule has 1 aromatic heterocycles. The van der Waals surface area contributed by atoms with Crippen LogP contribution in [0.4, 0.5) is 17.5 Å². The van der Waals surface area contributed by atoms with E-state index in [9.17, 15) is 9.59 Å². The van der Waals surface area contributed by atoms with Crippen LogP contribution in [0, 0.1) is 0 Å². The molecule has 0 spiro atoms. The molecule has 26 heavy (non-hydrogen) atoms. The van der Waals surface area contributed by atoms with E-state index >= 15 is 0 Å². The topological polar surface area (TPSA) is 163 Å². The maximum atomic E-state index is 11.8. The average Bonchev–Trinajstić information content (AvgIpc) is 2.57. The Kier molecular flexibility index (Phi) is 5.78. The van der Waals surface area contributed by atoms with Crippen molar-refractivity contribution in [1.29, 1.82) is 0 Å². The lowest BCUT2D eigenvalue weighted by molar-refractivity contribution is -0.139. The molecule has 0 aliphatic carbocycles. The van der Waals surface area contributed by atoms with Crippen LogP contribution in [-0.2, 0) is 16.0 Å². The molecular weight excluding hydrogens is 342 g/mol. The lowest BCUT2D eigenvalue weighted by Crippen LogP contribution is -2.17. The number of nitrogens with one attached hydrogen (secondary N) is 1. The molecule has 0 bridgehead atoms. The largest absolute Gasteiger partial charge is 0.494 e. The number of methoxy groups -OCH3 is 2. The van der Waals surface area contributed by atoms with Crippen LogP contribution in [0.2, 0.25) is 0 Å². The zero-order valence-electron chi connectivity index (χ0n) is 14.3. The third-order valence-electron chi connectivity index (χ3n) is 3.45. The molecule has 0 atom stereocenters. The first-order valence-corrected chi connectivity index (χ1v) is 7.47. The van der Waals surface area contributed by atoms with Crippen LogP contribution in [0.3, 0.4) is 0 Å². The summed E-state index contributed by atoms with van der Waals surface area (Å²) in [5.41, 5.74) is 13.0. The first-order chi connectivity index (χ1) is 12.3. The van der Waals surface area contributed by atoms with Crippen molar-refractivity contribution in [2.24, 2.45) is 0 Å². The third kappa shape index (κ3) is 4.50. The van der Waals surface area contributed by atoms with Crippen molar-refractivity contribution in [2.75, 3.05) is 31.0 Å². The highest BCUT2D eigenvalue weighted by Crippen LogP contribution is 2.37. The number of carbonyl (C=O) groups is 2. The van der Waals surface area contributed by atoms with Crippen LogP contribution in [0.5, 0.6) is 11.5 Å². The van der Waals surface area contributed by atoms with Crippen LogP contribution in [0.15, 0.2) is 18.3 Å². The van der Waals surface area contributed by atoms with E-state index in [1.165, 1.54) is 20.4 Å². The van der Waals surface area contributed by atoms with E-state index in [1.807, 2.05) is 0 Å². The quantitative estimate of drug-likeness (QED) is 0.519. The van der Waals surface area contributed by atoms with Crippen LogP contribution < -0.4 is 26.3 Å². The molecule has 10 heteroatoms. The number of amides is 1. The van der Waals surface area contributed by atoms with Crippen molar-refractivity contribution in [2.45, 2.75) is 12.8 Å². The highest BCUT2D eigenvalue weighted by molar-refractivity contribution is 6.03. The summed E-state index contributed by atoms with van der Waals surface area (Å²) in [5.74, 6) is -0.970. The van der Waals surface area contributed by atoms with E-state index in [0.29, 0.717) is 23.5 Å². The highest BCUT2D eigenvalue weighted by atomic mass is 16.5. The molecule has 0 radical (unpaired) electrons. The summed E-state index contributed by atoms with van der Waals surface area (Å²) in [6, 6.07) is 3.35. The second-order valence-electron chi connectivity index (χ2n) is 5.31. The molecule has 2 aromatic rings. The first kappa shape index (κ1) is 18.8. The predicted molar refractivity (Wildman–Crippen MR) is 94.1 cm³/mol. The minimum atomic E-state index is -1.24. The molecule has 6 N–H and O–H groups in total. The van der Waals surface area contributed by atoms with Gasteiger partial charge in [0.2, 0.25) is 11.9 Å². The molecule has 0 saturated carbocycles. The Morgan fingerprint density at radius 3 is 2.31 bits per heavy atom. The number of aromatic nitrogens is 2. The first-order valence-electron chi connectivity index (χ1n) is 7.47. The number of nitrogens with two attached hydrogens (primary N) is 2. The van der Waals surface area contributed by atoms with E-state index in [2.05, 4.69) is 15.3 Å². The van der Waals surface area contributed by atoms with Gasteiger partial charge in [0.25, 0.3) is 0 Å². The van der Waals surface area contributed by atoms with Crippen molar-refractivity contribution >= 4 is 29.3 Å². The van der Waals surface area contributed by atoms with Gasteiger partial charge < -0.3 is 31.4 Å². The summed E-state index contributed by atoms with van der Waals surface area (Å²) >= 11 is 0.